The minimum atomic E-state index is 0.119. The van der Waals surface area contributed by atoms with Gasteiger partial charge >= 0.3 is 0 Å². The van der Waals surface area contributed by atoms with Gasteiger partial charge in [-0.25, -0.2) is 0 Å². The van der Waals surface area contributed by atoms with Crippen LogP contribution in [0.3, 0.4) is 0 Å². The summed E-state index contributed by atoms with van der Waals surface area (Å²) in [6.07, 6.45) is 1.21. The third-order valence-electron chi connectivity index (χ3n) is 3.99. The molecule has 0 aliphatic rings. The lowest BCUT2D eigenvalue weighted by molar-refractivity contribution is 0.196. The normalized spacial score (nSPS) is 13.6. The van der Waals surface area contributed by atoms with Gasteiger partial charge in [0.2, 0.25) is 0 Å². The molecule has 1 aromatic carbocycles. The first-order valence-corrected chi connectivity index (χ1v) is 8.25. The van der Waals surface area contributed by atoms with Crippen molar-refractivity contribution < 1.29 is 4.74 Å². The van der Waals surface area contributed by atoms with E-state index in [9.17, 15) is 0 Å². The number of aryl methyl sites for hydroxylation is 1. The summed E-state index contributed by atoms with van der Waals surface area (Å²) in [6.45, 7) is 15.9. The second-order valence-electron chi connectivity index (χ2n) is 6.84. The summed E-state index contributed by atoms with van der Waals surface area (Å²) in [5.41, 5.74) is 2.38. The molecule has 0 amide bonds. The first kappa shape index (κ1) is 18.3. The van der Waals surface area contributed by atoms with Crippen LogP contribution in [0.5, 0.6) is 5.75 Å². The van der Waals surface area contributed by atoms with E-state index in [-0.39, 0.29) is 11.6 Å². The SMILES string of the molecule is CCC(C)(C)NCC(C)Oc1cc(C)c(Cl)cc1C(C)C. The van der Waals surface area contributed by atoms with E-state index in [1.165, 1.54) is 5.56 Å². The molecule has 0 heterocycles. The summed E-state index contributed by atoms with van der Waals surface area (Å²) >= 11 is 6.24. The lowest BCUT2D eigenvalue weighted by Crippen LogP contribution is -2.43. The Balaban J connectivity index is 2.80. The Morgan fingerprint density at radius 2 is 1.86 bits per heavy atom. The highest BCUT2D eigenvalue weighted by Gasteiger charge is 2.17. The van der Waals surface area contributed by atoms with E-state index in [0.29, 0.717) is 5.92 Å². The maximum absolute atomic E-state index is 6.24. The topological polar surface area (TPSA) is 21.3 Å². The van der Waals surface area contributed by atoms with Crippen LogP contribution in [0.2, 0.25) is 5.02 Å². The fraction of sp³-hybridized carbons (Fsp3) is 0.667. The molecule has 0 aromatic heterocycles. The van der Waals surface area contributed by atoms with E-state index in [1.54, 1.807) is 0 Å². The molecule has 1 rings (SSSR count). The smallest absolute Gasteiger partial charge is 0.123 e. The average Bonchev–Trinajstić information content (AvgIpc) is 2.40. The van der Waals surface area contributed by atoms with Crippen molar-refractivity contribution in [1.29, 1.82) is 0 Å². The van der Waals surface area contributed by atoms with Crippen LogP contribution in [0.4, 0.5) is 0 Å². The van der Waals surface area contributed by atoms with Gasteiger partial charge in [-0.05, 0) is 63.3 Å². The van der Waals surface area contributed by atoms with E-state index in [2.05, 4.69) is 52.9 Å². The van der Waals surface area contributed by atoms with Crippen molar-refractivity contribution in [3.05, 3.63) is 28.3 Å². The number of hydrogen-bond donors (Lipinski definition) is 1. The van der Waals surface area contributed by atoms with Crippen LogP contribution in [0.1, 0.15) is 65.0 Å². The lowest BCUT2D eigenvalue weighted by Gasteiger charge is -2.27. The Morgan fingerprint density at radius 1 is 1.24 bits per heavy atom. The largest absolute Gasteiger partial charge is 0.489 e. The zero-order chi connectivity index (χ0) is 16.2. The third kappa shape index (κ3) is 5.52. The first-order valence-electron chi connectivity index (χ1n) is 7.88. The molecule has 0 aliphatic carbocycles. The molecule has 0 radical (unpaired) electrons. The van der Waals surface area contributed by atoms with Gasteiger partial charge in [-0.15, -0.1) is 0 Å². The number of rotatable bonds is 7. The van der Waals surface area contributed by atoms with E-state index >= 15 is 0 Å². The van der Waals surface area contributed by atoms with Gasteiger partial charge < -0.3 is 10.1 Å². The summed E-state index contributed by atoms with van der Waals surface area (Å²) in [5, 5.41) is 4.36. The average molecular weight is 312 g/mol. The second-order valence-corrected chi connectivity index (χ2v) is 7.25. The van der Waals surface area contributed by atoms with Crippen molar-refractivity contribution in [2.24, 2.45) is 0 Å². The minimum absolute atomic E-state index is 0.119. The van der Waals surface area contributed by atoms with Gasteiger partial charge in [-0.1, -0.05) is 32.4 Å². The van der Waals surface area contributed by atoms with Crippen molar-refractivity contribution in [1.82, 2.24) is 5.32 Å². The van der Waals surface area contributed by atoms with Gasteiger partial charge in [0.25, 0.3) is 0 Å². The van der Waals surface area contributed by atoms with Crippen molar-refractivity contribution in [2.45, 2.75) is 72.4 Å². The molecule has 1 atom stereocenters. The Labute approximate surface area is 135 Å². The van der Waals surface area contributed by atoms with Crippen LogP contribution >= 0.6 is 11.6 Å². The Morgan fingerprint density at radius 3 is 2.38 bits per heavy atom. The molecule has 0 saturated carbocycles. The van der Waals surface area contributed by atoms with Crippen molar-refractivity contribution in [3.8, 4) is 5.75 Å². The molecule has 2 nitrogen and oxygen atoms in total. The van der Waals surface area contributed by atoms with E-state index < -0.39 is 0 Å². The summed E-state index contributed by atoms with van der Waals surface area (Å²) in [5.74, 6) is 1.35. The molecule has 0 fully saturated rings. The van der Waals surface area contributed by atoms with Gasteiger partial charge in [0.05, 0.1) is 0 Å². The van der Waals surface area contributed by atoms with Gasteiger partial charge in [-0.3, -0.25) is 0 Å². The van der Waals surface area contributed by atoms with E-state index in [1.807, 2.05) is 13.0 Å². The van der Waals surface area contributed by atoms with Crippen molar-refractivity contribution in [2.75, 3.05) is 6.54 Å². The summed E-state index contributed by atoms with van der Waals surface area (Å²) in [6, 6.07) is 4.09. The first-order chi connectivity index (χ1) is 9.66. The molecule has 120 valence electrons. The molecular weight excluding hydrogens is 282 g/mol. The molecule has 1 aromatic rings. The van der Waals surface area contributed by atoms with Crippen LogP contribution < -0.4 is 10.1 Å². The number of benzene rings is 1. The quantitative estimate of drug-likeness (QED) is 0.736. The van der Waals surface area contributed by atoms with Crippen molar-refractivity contribution >= 4 is 11.6 Å². The lowest BCUT2D eigenvalue weighted by atomic mass is 10.0. The zero-order valence-corrected chi connectivity index (χ0v) is 15.3. The highest BCUT2D eigenvalue weighted by Crippen LogP contribution is 2.32. The summed E-state index contributed by atoms with van der Waals surface area (Å²) < 4.78 is 6.16. The van der Waals surface area contributed by atoms with Crippen molar-refractivity contribution in [3.63, 3.8) is 0 Å². The van der Waals surface area contributed by atoms with Gasteiger partial charge in [0, 0.05) is 17.1 Å². The van der Waals surface area contributed by atoms with Gasteiger partial charge in [0.15, 0.2) is 0 Å². The third-order valence-corrected chi connectivity index (χ3v) is 4.40. The number of hydrogen-bond acceptors (Lipinski definition) is 2. The molecule has 1 N–H and O–H groups in total. The predicted molar refractivity (Wildman–Crippen MR) is 92.7 cm³/mol. The Hall–Kier alpha value is -0.730. The number of nitrogens with one attached hydrogen (secondary N) is 1. The second kappa shape index (κ2) is 7.51. The Kier molecular flexibility index (Phi) is 6.55. The maximum Gasteiger partial charge on any atom is 0.123 e. The molecule has 0 bridgehead atoms. The fourth-order valence-corrected chi connectivity index (χ4v) is 2.20. The van der Waals surface area contributed by atoms with Gasteiger partial charge in [0.1, 0.15) is 11.9 Å². The van der Waals surface area contributed by atoms with Crippen LogP contribution in [0.15, 0.2) is 12.1 Å². The molecule has 0 aliphatic heterocycles. The Bertz CT molecular complexity index is 469. The van der Waals surface area contributed by atoms with E-state index in [4.69, 9.17) is 16.3 Å². The molecular formula is C18H30ClNO. The maximum atomic E-state index is 6.24. The molecule has 0 saturated heterocycles. The van der Waals surface area contributed by atoms with E-state index in [0.717, 1.165) is 29.3 Å². The summed E-state index contributed by atoms with van der Waals surface area (Å²) in [7, 11) is 0. The van der Waals surface area contributed by atoms with Crippen LogP contribution in [-0.2, 0) is 0 Å². The highest BCUT2D eigenvalue weighted by molar-refractivity contribution is 6.31. The fourth-order valence-electron chi connectivity index (χ4n) is 2.03. The molecule has 21 heavy (non-hydrogen) atoms. The molecule has 0 spiro atoms. The summed E-state index contributed by atoms with van der Waals surface area (Å²) in [4.78, 5) is 0. The van der Waals surface area contributed by atoms with Crippen LogP contribution in [0.25, 0.3) is 0 Å². The van der Waals surface area contributed by atoms with Gasteiger partial charge in [-0.2, -0.15) is 0 Å². The minimum Gasteiger partial charge on any atom is -0.489 e. The monoisotopic (exact) mass is 311 g/mol. The van der Waals surface area contributed by atoms with Crippen LogP contribution in [-0.4, -0.2) is 18.2 Å². The molecule has 1 unspecified atom stereocenters. The number of halogens is 1. The standard InChI is InChI=1S/C18H30ClNO/c1-8-18(6,7)20-11-14(5)21-17-9-13(4)16(19)10-15(17)12(2)3/h9-10,12,14,20H,8,11H2,1-7H3. The molecule has 3 heteroatoms. The zero-order valence-electron chi connectivity index (χ0n) is 14.5. The highest BCUT2D eigenvalue weighted by atomic mass is 35.5. The van der Waals surface area contributed by atoms with Crippen LogP contribution in [0, 0.1) is 6.92 Å². The predicted octanol–water partition coefficient (Wildman–Crippen LogP) is 5.32. The number of ether oxygens (including phenoxy) is 1.